The number of oxime groups is 1. The Morgan fingerprint density at radius 3 is 2.71 bits per heavy atom. The number of nitrogens with two attached hydrogens (primary N) is 1. The molecule has 82 valence electrons. The minimum Gasteiger partial charge on any atom is -0.409 e. The summed E-state index contributed by atoms with van der Waals surface area (Å²) >= 11 is 0. The van der Waals surface area contributed by atoms with Crippen LogP contribution in [0.4, 0.5) is 0 Å². The molecule has 0 aromatic carbocycles. The average molecular weight is 199 g/mol. The summed E-state index contributed by atoms with van der Waals surface area (Å²) in [6.07, 6.45) is 3.99. The average Bonchev–Trinajstić information content (AvgIpc) is 2.13. The molecule has 1 atom stereocenters. The fourth-order valence-corrected chi connectivity index (χ4v) is 1.75. The molecular formula is C10H21N3O. The molecule has 0 radical (unpaired) electrons. The first kappa shape index (κ1) is 11.3. The van der Waals surface area contributed by atoms with Crippen molar-refractivity contribution < 1.29 is 5.21 Å². The number of nitrogens with zero attached hydrogens (tertiary/aromatic N) is 1. The molecule has 1 rings (SSSR count). The van der Waals surface area contributed by atoms with E-state index in [0.717, 1.165) is 13.1 Å². The van der Waals surface area contributed by atoms with Gasteiger partial charge in [0.2, 0.25) is 0 Å². The van der Waals surface area contributed by atoms with Crippen molar-refractivity contribution in [1.82, 2.24) is 5.32 Å². The number of hydrogen-bond acceptors (Lipinski definition) is 3. The van der Waals surface area contributed by atoms with Gasteiger partial charge in [-0.25, -0.2) is 0 Å². The third-order valence-corrected chi connectivity index (χ3v) is 3.18. The van der Waals surface area contributed by atoms with Crippen LogP contribution in [0.5, 0.6) is 0 Å². The van der Waals surface area contributed by atoms with E-state index in [9.17, 15) is 0 Å². The second-order valence-corrected chi connectivity index (χ2v) is 4.72. The maximum atomic E-state index is 8.46. The smallest absolute Gasteiger partial charge is 0.143 e. The van der Waals surface area contributed by atoms with Crippen molar-refractivity contribution in [2.24, 2.45) is 22.2 Å². The van der Waals surface area contributed by atoms with Crippen molar-refractivity contribution in [1.29, 1.82) is 0 Å². The minimum atomic E-state index is 0.101. The van der Waals surface area contributed by atoms with Gasteiger partial charge in [-0.3, -0.25) is 0 Å². The first-order chi connectivity index (χ1) is 6.57. The van der Waals surface area contributed by atoms with Crippen molar-refractivity contribution >= 4 is 5.84 Å². The van der Waals surface area contributed by atoms with E-state index in [1.54, 1.807) is 0 Å². The second-order valence-electron chi connectivity index (χ2n) is 4.72. The predicted molar refractivity (Wildman–Crippen MR) is 57.4 cm³/mol. The van der Waals surface area contributed by atoms with E-state index in [2.05, 4.69) is 17.4 Å². The number of rotatable bonds is 5. The van der Waals surface area contributed by atoms with Crippen molar-refractivity contribution in [3.05, 3.63) is 0 Å². The van der Waals surface area contributed by atoms with Gasteiger partial charge in [0.25, 0.3) is 0 Å². The monoisotopic (exact) mass is 199 g/mol. The summed E-state index contributed by atoms with van der Waals surface area (Å²) in [4.78, 5) is 0. The zero-order chi connectivity index (χ0) is 10.6. The predicted octanol–water partition coefficient (Wildman–Crippen LogP) is 1.15. The highest BCUT2D eigenvalue weighted by Gasteiger charge is 2.31. The Morgan fingerprint density at radius 1 is 1.64 bits per heavy atom. The van der Waals surface area contributed by atoms with Crippen LogP contribution in [0.25, 0.3) is 0 Å². The Hall–Kier alpha value is -0.770. The van der Waals surface area contributed by atoms with Gasteiger partial charge in [-0.15, -0.1) is 0 Å². The van der Waals surface area contributed by atoms with Gasteiger partial charge in [0.15, 0.2) is 0 Å². The van der Waals surface area contributed by atoms with Crippen LogP contribution in [-0.4, -0.2) is 24.1 Å². The SMILES string of the molecule is CC(CNCC1(C)CCC1)C(N)=NO. The summed E-state index contributed by atoms with van der Waals surface area (Å²) in [5.74, 6) is 0.403. The van der Waals surface area contributed by atoms with Gasteiger partial charge in [-0.1, -0.05) is 25.4 Å². The van der Waals surface area contributed by atoms with E-state index in [1.807, 2.05) is 6.92 Å². The molecule has 0 spiro atoms. The van der Waals surface area contributed by atoms with Crippen molar-refractivity contribution in [3.63, 3.8) is 0 Å². The highest BCUT2D eigenvalue weighted by atomic mass is 16.4. The molecule has 4 N–H and O–H groups in total. The molecule has 0 bridgehead atoms. The zero-order valence-electron chi connectivity index (χ0n) is 9.08. The Bertz CT molecular complexity index is 211. The highest BCUT2D eigenvalue weighted by Crippen LogP contribution is 2.39. The Kier molecular flexibility index (Phi) is 3.75. The van der Waals surface area contributed by atoms with E-state index >= 15 is 0 Å². The fourth-order valence-electron chi connectivity index (χ4n) is 1.75. The van der Waals surface area contributed by atoms with Gasteiger partial charge >= 0.3 is 0 Å². The topological polar surface area (TPSA) is 70.6 Å². The summed E-state index contributed by atoms with van der Waals surface area (Å²) in [5, 5.41) is 14.8. The van der Waals surface area contributed by atoms with Crippen LogP contribution in [0.2, 0.25) is 0 Å². The van der Waals surface area contributed by atoms with Crippen molar-refractivity contribution in [2.45, 2.75) is 33.1 Å². The van der Waals surface area contributed by atoms with Gasteiger partial charge in [0, 0.05) is 19.0 Å². The molecule has 0 aromatic heterocycles. The number of nitrogens with one attached hydrogen (secondary N) is 1. The van der Waals surface area contributed by atoms with E-state index in [0.29, 0.717) is 11.3 Å². The highest BCUT2D eigenvalue weighted by molar-refractivity contribution is 5.82. The van der Waals surface area contributed by atoms with Gasteiger partial charge in [-0.05, 0) is 18.3 Å². The molecule has 14 heavy (non-hydrogen) atoms. The van der Waals surface area contributed by atoms with Crippen molar-refractivity contribution in [3.8, 4) is 0 Å². The Balaban J connectivity index is 2.14. The van der Waals surface area contributed by atoms with Crippen LogP contribution in [0.1, 0.15) is 33.1 Å². The first-order valence-electron chi connectivity index (χ1n) is 5.25. The van der Waals surface area contributed by atoms with Crippen LogP contribution in [-0.2, 0) is 0 Å². The number of hydrogen-bond donors (Lipinski definition) is 3. The normalized spacial score (nSPS) is 22.9. The largest absolute Gasteiger partial charge is 0.409 e. The lowest BCUT2D eigenvalue weighted by molar-refractivity contribution is 0.156. The molecule has 1 saturated carbocycles. The maximum Gasteiger partial charge on any atom is 0.143 e. The molecule has 1 aliphatic carbocycles. The second kappa shape index (κ2) is 4.64. The molecule has 1 fully saturated rings. The van der Waals surface area contributed by atoms with E-state index < -0.39 is 0 Å². The van der Waals surface area contributed by atoms with Crippen LogP contribution in [0, 0.1) is 11.3 Å². The third kappa shape index (κ3) is 2.87. The first-order valence-corrected chi connectivity index (χ1v) is 5.25. The molecule has 1 unspecified atom stereocenters. The van der Waals surface area contributed by atoms with Crippen LogP contribution in [0.3, 0.4) is 0 Å². The van der Waals surface area contributed by atoms with Gasteiger partial charge in [-0.2, -0.15) is 0 Å². The van der Waals surface area contributed by atoms with Crippen LogP contribution in [0.15, 0.2) is 5.16 Å². The van der Waals surface area contributed by atoms with E-state index in [-0.39, 0.29) is 5.92 Å². The molecule has 0 heterocycles. The summed E-state index contributed by atoms with van der Waals surface area (Å²) in [7, 11) is 0. The molecule has 4 heteroatoms. The summed E-state index contributed by atoms with van der Waals surface area (Å²) in [6.45, 7) is 6.07. The summed E-state index contributed by atoms with van der Waals surface area (Å²) in [5.41, 5.74) is 5.96. The fraction of sp³-hybridized carbons (Fsp3) is 0.900. The summed E-state index contributed by atoms with van der Waals surface area (Å²) < 4.78 is 0. The molecule has 0 aromatic rings. The molecule has 0 saturated heterocycles. The zero-order valence-corrected chi connectivity index (χ0v) is 9.08. The lowest BCUT2D eigenvalue weighted by atomic mass is 9.70. The molecule has 1 aliphatic rings. The molecule has 4 nitrogen and oxygen atoms in total. The van der Waals surface area contributed by atoms with E-state index in [4.69, 9.17) is 10.9 Å². The summed E-state index contributed by atoms with van der Waals surface area (Å²) in [6, 6.07) is 0. The Labute approximate surface area is 85.6 Å². The van der Waals surface area contributed by atoms with Crippen LogP contribution >= 0.6 is 0 Å². The number of amidine groups is 1. The molecule has 0 amide bonds. The van der Waals surface area contributed by atoms with Gasteiger partial charge in [0.1, 0.15) is 5.84 Å². The van der Waals surface area contributed by atoms with Crippen LogP contribution < -0.4 is 11.1 Å². The van der Waals surface area contributed by atoms with Crippen molar-refractivity contribution in [2.75, 3.05) is 13.1 Å². The maximum absolute atomic E-state index is 8.46. The Morgan fingerprint density at radius 2 is 2.29 bits per heavy atom. The van der Waals surface area contributed by atoms with E-state index in [1.165, 1.54) is 19.3 Å². The molecule has 0 aliphatic heterocycles. The quantitative estimate of drug-likeness (QED) is 0.269. The standard InChI is InChI=1S/C10H21N3O/c1-8(9(11)13-14)6-12-7-10(2)4-3-5-10/h8,12,14H,3-7H2,1-2H3,(H2,11,13). The third-order valence-electron chi connectivity index (χ3n) is 3.18. The minimum absolute atomic E-state index is 0.101. The lowest BCUT2D eigenvalue weighted by Gasteiger charge is -2.38. The van der Waals surface area contributed by atoms with Gasteiger partial charge < -0.3 is 16.3 Å². The molecular weight excluding hydrogens is 178 g/mol. The van der Waals surface area contributed by atoms with Gasteiger partial charge in [0.05, 0.1) is 0 Å². The lowest BCUT2D eigenvalue weighted by Crippen LogP contribution is -2.40.